The first-order valence-electron chi connectivity index (χ1n) is 7.02. The second-order valence-corrected chi connectivity index (χ2v) is 5.18. The van der Waals surface area contributed by atoms with Crippen LogP contribution in [0.4, 0.5) is 0 Å². The molecule has 0 fully saturated rings. The largest absolute Gasteiger partial charge is 0.491 e. The summed E-state index contributed by atoms with van der Waals surface area (Å²) in [6.07, 6.45) is 2.04. The highest BCUT2D eigenvalue weighted by atomic mass is 16.5. The Morgan fingerprint density at radius 2 is 2.00 bits per heavy atom. The van der Waals surface area contributed by atoms with Gasteiger partial charge in [0.05, 0.1) is 11.8 Å². The highest BCUT2D eigenvalue weighted by Gasteiger charge is 2.01. The molecule has 2 rings (SSSR count). The maximum Gasteiger partial charge on any atom is 0.120 e. The number of hydrogen-bond acceptors (Lipinski definition) is 3. The van der Waals surface area contributed by atoms with Crippen molar-refractivity contribution in [1.29, 1.82) is 0 Å². The molecule has 0 atom stereocenters. The highest BCUT2D eigenvalue weighted by Crippen LogP contribution is 2.15. The standard InChI is InChI=1S/C17H22N2O/c1-13(2)20-16-8-4-7-15(10-16)11-18-12-17-14(3)6-5-9-19-17/h4-10,13,18H,11-12H2,1-3H3. The molecule has 0 unspecified atom stereocenters. The first-order valence-corrected chi connectivity index (χ1v) is 7.02. The predicted octanol–water partition coefficient (Wildman–Crippen LogP) is 3.47. The number of nitrogens with one attached hydrogen (secondary N) is 1. The molecule has 20 heavy (non-hydrogen) atoms. The second kappa shape index (κ2) is 7.06. The van der Waals surface area contributed by atoms with E-state index in [1.807, 2.05) is 38.2 Å². The van der Waals surface area contributed by atoms with Gasteiger partial charge in [-0.3, -0.25) is 4.98 Å². The van der Waals surface area contributed by atoms with Crippen molar-refractivity contribution < 1.29 is 4.74 Å². The summed E-state index contributed by atoms with van der Waals surface area (Å²) in [4.78, 5) is 4.38. The van der Waals surface area contributed by atoms with Crippen molar-refractivity contribution in [2.45, 2.75) is 40.0 Å². The quantitative estimate of drug-likeness (QED) is 0.872. The summed E-state index contributed by atoms with van der Waals surface area (Å²) in [5.74, 6) is 0.924. The Hall–Kier alpha value is -1.87. The van der Waals surface area contributed by atoms with Gasteiger partial charge in [0.2, 0.25) is 0 Å². The van der Waals surface area contributed by atoms with Crippen LogP contribution in [0.1, 0.15) is 30.7 Å². The lowest BCUT2D eigenvalue weighted by molar-refractivity contribution is 0.242. The fourth-order valence-electron chi connectivity index (χ4n) is 2.03. The van der Waals surface area contributed by atoms with Crippen LogP contribution in [0.3, 0.4) is 0 Å². The number of benzene rings is 1. The maximum absolute atomic E-state index is 5.70. The minimum atomic E-state index is 0.203. The van der Waals surface area contributed by atoms with Crippen molar-refractivity contribution in [3.8, 4) is 5.75 Å². The molecule has 0 saturated heterocycles. The van der Waals surface area contributed by atoms with Crippen molar-refractivity contribution in [3.63, 3.8) is 0 Å². The number of rotatable bonds is 6. The van der Waals surface area contributed by atoms with Gasteiger partial charge in [-0.2, -0.15) is 0 Å². The molecule has 0 bridgehead atoms. The van der Waals surface area contributed by atoms with Gasteiger partial charge in [0.1, 0.15) is 5.75 Å². The Bertz CT molecular complexity index is 552. The maximum atomic E-state index is 5.70. The van der Waals surface area contributed by atoms with Crippen molar-refractivity contribution in [2.24, 2.45) is 0 Å². The monoisotopic (exact) mass is 270 g/mol. The molecule has 0 spiro atoms. The van der Waals surface area contributed by atoms with E-state index in [0.29, 0.717) is 0 Å². The van der Waals surface area contributed by atoms with Gasteiger partial charge >= 0.3 is 0 Å². The fraction of sp³-hybridized carbons (Fsp3) is 0.353. The summed E-state index contributed by atoms with van der Waals surface area (Å²) in [6, 6.07) is 12.3. The smallest absolute Gasteiger partial charge is 0.120 e. The summed E-state index contributed by atoms with van der Waals surface area (Å²) < 4.78 is 5.70. The van der Waals surface area contributed by atoms with E-state index >= 15 is 0 Å². The van der Waals surface area contributed by atoms with Gasteiger partial charge < -0.3 is 10.1 Å². The molecule has 1 aromatic carbocycles. The molecule has 1 heterocycles. The minimum Gasteiger partial charge on any atom is -0.491 e. The third kappa shape index (κ3) is 4.35. The molecule has 0 aliphatic carbocycles. The Labute approximate surface area is 121 Å². The second-order valence-electron chi connectivity index (χ2n) is 5.18. The Morgan fingerprint density at radius 1 is 1.15 bits per heavy atom. The number of aromatic nitrogens is 1. The van der Waals surface area contributed by atoms with Gasteiger partial charge in [-0.15, -0.1) is 0 Å². The van der Waals surface area contributed by atoms with Gasteiger partial charge in [-0.1, -0.05) is 18.2 Å². The number of hydrogen-bond donors (Lipinski definition) is 1. The van der Waals surface area contributed by atoms with Gasteiger partial charge in [0, 0.05) is 19.3 Å². The van der Waals surface area contributed by atoms with E-state index in [0.717, 1.165) is 24.5 Å². The lowest BCUT2D eigenvalue weighted by Gasteiger charge is -2.11. The summed E-state index contributed by atoms with van der Waals surface area (Å²) >= 11 is 0. The molecular weight excluding hydrogens is 248 g/mol. The number of ether oxygens (including phenoxy) is 1. The predicted molar refractivity (Wildman–Crippen MR) is 81.7 cm³/mol. The van der Waals surface area contributed by atoms with Crippen molar-refractivity contribution >= 4 is 0 Å². The van der Waals surface area contributed by atoms with Crippen LogP contribution in [0.25, 0.3) is 0 Å². The number of pyridine rings is 1. The third-order valence-electron chi connectivity index (χ3n) is 3.01. The highest BCUT2D eigenvalue weighted by molar-refractivity contribution is 5.28. The molecule has 106 valence electrons. The van der Waals surface area contributed by atoms with E-state index in [-0.39, 0.29) is 6.10 Å². The molecule has 0 radical (unpaired) electrons. The molecule has 3 heteroatoms. The molecule has 0 saturated carbocycles. The number of aryl methyl sites for hydroxylation is 1. The van der Waals surface area contributed by atoms with Gasteiger partial charge in [-0.05, 0) is 50.1 Å². The lowest BCUT2D eigenvalue weighted by Crippen LogP contribution is -2.14. The molecule has 0 aliphatic heterocycles. The molecule has 0 amide bonds. The molecule has 1 N–H and O–H groups in total. The summed E-state index contributed by atoms with van der Waals surface area (Å²) in [5, 5.41) is 3.42. The van der Waals surface area contributed by atoms with Crippen LogP contribution in [0.2, 0.25) is 0 Å². The van der Waals surface area contributed by atoms with Crippen LogP contribution in [-0.4, -0.2) is 11.1 Å². The van der Waals surface area contributed by atoms with Crippen LogP contribution in [0, 0.1) is 6.92 Å². The van der Waals surface area contributed by atoms with Gasteiger partial charge in [0.15, 0.2) is 0 Å². The minimum absolute atomic E-state index is 0.203. The van der Waals surface area contributed by atoms with E-state index in [1.165, 1.54) is 11.1 Å². The molecule has 3 nitrogen and oxygen atoms in total. The third-order valence-corrected chi connectivity index (χ3v) is 3.01. The van der Waals surface area contributed by atoms with Crippen LogP contribution in [0.15, 0.2) is 42.6 Å². The first kappa shape index (κ1) is 14.5. The fourth-order valence-corrected chi connectivity index (χ4v) is 2.03. The molecule has 1 aromatic heterocycles. The van der Waals surface area contributed by atoms with Gasteiger partial charge in [-0.25, -0.2) is 0 Å². The number of nitrogens with zero attached hydrogens (tertiary/aromatic N) is 1. The SMILES string of the molecule is Cc1cccnc1CNCc1cccc(OC(C)C)c1. The zero-order valence-electron chi connectivity index (χ0n) is 12.4. The van der Waals surface area contributed by atoms with Crippen molar-refractivity contribution in [1.82, 2.24) is 10.3 Å². The first-order chi connectivity index (χ1) is 9.65. The lowest BCUT2D eigenvalue weighted by atomic mass is 10.2. The van der Waals surface area contributed by atoms with Crippen molar-refractivity contribution in [2.75, 3.05) is 0 Å². The average Bonchev–Trinajstić information content (AvgIpc) is 2.41. The normalized spacial score (nSPS) is 10.8. The van der Waals surface area contributed by atoms with Gasteiger partial charge in [0.25, 0.3) is 0 Å². The molecule has 2 aromatic rings. The average molecular weight is 270 g/mol. The Balaban J connectivity index is 1.89. The summed E-state index contributed by atoms with van der Waals surface area (Å²) in [5.41, 5.74) is 3.54. The van der Waals surface area contributed by atoms with Crippen LogP contribution in [0.5, 0.6) is 5.75 Å². The zero-order valence-corrected chi connectivity index (χ0v) is 12.4. The summed E-state index contributed by atoms with van der Waals surface area (Å²) in [6.45, 7) is 7.75. The van der Waals surface area contributed by atoms with E-state index < -0.39 is 0 Å². The van der Waals surface area contributed by atoms with Crippen LogP contribution in [-0.2, 0) is 13.1 Å². The Kier molecular flexibility index (Phi) is 5.13. The summed E-state index contributed by atoms with van der Waals surface area (Å²) in [7, 11) is 0. The van der Waals surface area contributed by atoms with Crippen molar-refractivity contribution in [3.05, 3.63) is 59.4 Å². The van der Waals surface area contributed by atoms with E-state index in [1.54, 1.807) is 0 Å². The van der Waals surface area contributed by atoms with E-state index in [4.69, 9.17) is 4.74 Å². The van der Waals surface area contributed by atoms with E-state index in [9.17, 15) is 0 Å². The molecule has 0 aliphatic rings. The van der Waals surface area contributed by atoms with Crippen LogP contribution < -0.4 is 10.1 Å². The van der Waals surface area contributed by atoms with E-state index in [2.05, 4.69) is 35.4 Å². The molecular formula is C17H22N2O. The zero-order chi connectivity index (χ0) is 14.4. The topological polar surface area (TPSA) is 34.2 Å². The Morgan fingerprint density at radius 3 is 2.75 bits per heavy atom. The van der Waals surface area contributed by atoms with Crippen LogP contribution >= 0.6 is 0 Å².